The number of carbonyl (C=O) groups excluding carboxylic acids is 2. The van der Waals surface area contributed by atoms with Crippen molar-refractivity contribution in [3.05, 3.63) is 48.0 Å². The number of methoxy groups -OCH3 is 2. The van der Waals surface area contributed by atoms with Crippen molar-refractivity contribution in [3.8, 4) is 11.5 Å². The van der Waals surface area contributed by atoms with Gasteiger partial charge in [0.05, 0.1) is 25.8 Å². The van der Waals surface area contributed by atoms with Crippen LogP contribution in [-0.2, 0) is 20.9 Å². The van der Waals surface area contributed by atoms with Gasteiger partial charge in [-0.25, -0.2) is 4.68 Å². The van der Waals surface area contributed by atoms with Gasteiger partial charge in [-0.05, 0) is 63.4 Å². The molecule has 10 nitrogen and oxygen atoms in total. The molecule has 0 radical (unpaired) electrons. The fourth-order valence-corrected chi connectivity index (χ4v) is 4.61. The molecule has 1 aromatic heterocycles. The summed E-state index contributed by atoms with van der Waals surface area (Å²) in [5.74, 6) is 0.449. The number of rotatable bonds is 11. The lowest BCUT2D eigenvalue weighted by Gasteiger charge is -2.36. The summed E-state index contributed by atoms with van der Waals surface area (Å²) in [5, 5.41) is 11.5. The van der Waals surface area contributed by atoms with E-state index in [0.29, 0.717) is 35.6 Å². The number of amides is 2. The number of carbonyl (C=O) groups is 2. The number of hydrogen-bond donors (Lipinski definition) is 1. The Morgan fingerprint density at radius 2 is 2.00 bits per heavy atom. The van der Waals surface area contributed by atoms with Crippen LogP contribution in [-0.4, -0.2) is 70.7 Å². The number of nitrogens with one attached hydrogen (secondary N) is 1. The van der Waals surface area contributed by atoms with Crippen LogP contribution in [0, 0.1) is 0 Å². The predicted octanol–water partition coefficient (Wildman–Crippen LogP) is 3.50. The molecule has 2 heterocycles. The Hall–Kier alpha value is -3.66. The largest absolute Gasteiger partial charge is 0.497 e. The zero-order valence-corrected chi connectivity index (χ0v) is 22.8. The Balaban J connectivity index is 1.79. The van der Waals surface area contributed by atoms with E-state index in [4.69, 9.17) is 14.2 Å². The molecule has 1 saturated heterocycles. The molecule has 1 fully saturated rings. The second-order valence-corrected chi connectivity index (χ2v) is 10.2. The minimum absolute atomic E-state index is 0.0829. The van der Waals surface area contributed by atoms with Crippen molar-refractivity contribution < 1.29 is 23.8 Å². The molecule has 204 valence electrons. The Morgan fingerprint density at radius 1 is 1.21 bits per heavy atom. The van der Waals surface area contributed by atoms with Crippen LogP contribution in [0.4, 0.5) is 0 Å². The second-order valence-electron chi connectivity index (χ2n) is 10.2. The van der Waals surface area contributed by atoms with Crippen LogP contribution >= 0.6 is 0 Å². The zero-order chi connectivity index (χ0) is 27.3. The van der Waals surface area contributed by atoms with Crippen LogP contribution in [0.1, 0.15) is 51.6 Å². The number of aromatic nitrogens is 3. The zero-order valence-electron chi connectivity index (χ0n) is 22.8. The van der Waals surface area contributed by atoms with Crippen LogP contribution in [0.25, 0.3) is 11.0 Å². The maximum absolute atomic E-state index is 14.1. The first-order valence-corrected chi connectivity index (χ1v) is 13.0. The molecule has 0 saturated carbocycles. The molecule has 4 rings (SSSR count). The van der Waals surface area contributed by atoms with Gasteiger partial charge in [-0.3, -0.25) is 9.59 Å². The first kappa shape index (κ1) is 27.4. The van der Waals surface area contributed by atoms with Crippen molar-refractivity contribution in [2.75, 3.05) is 27.4 Å². The lowest BCUT2D eigenvalue weighted by molar-refractivity contribution is -0.144. The molecule has 0 bridgehead atoms. The molecule has 0 spiro atoms. The van der Waals surface area contributed by atoms with Crippen molar-refractivity contribution >= 4 is 22.8 Å². The lowest BCUT2D eigenvalue weighted by Crippen LogP contribution is -2.52. The Labute approximate surface area is 223 Å². The van der Waals surface area contributed by atoms with Gasteiger partial charge >= 0.3 is 0 Å². The summed E-state index contributed by atoms with van der Waals surface area (Å²) < 4.78 is 18.6. The summed E-state index contributed by atoms with van der Waals surface area (Å²) >= 11 is 0. The van der Waals surface area contributed by atoms with Crippen molar-refractivity contribution in [1.29, 1.82) is 0 Å². The molecule has 1 aliphatic rings. The van der Waals surface area contributed by atoms with Gasteiger partial charge in [-0.15, -0.1) is 5.10 Å². The summed E-state index contributed by atoms with van der Waals surface area (Å²) in [6.45, 7) is 6.71. The monoisotopic (exact) mass is 523 g/mol. The predicted molar refractivity (Wildman–Crippen MR) is 143 cm³/mol. The number of para-hydroxylation sites is 1. The average Bonchev–Trinajstić information content (AvgIpc) is 3.58. The highest BCUT2D eigenvalue weighted by Crippen LogP contribution is 2.35. The highest BCUT2D eigenvalue weighted by atomic mass is 16.5. The molecule has 2 aromatic carbocycles. The van der Waals surface area contributed by atoms with E-state index in [1.807, 2.05) is 45.0 Å². The van der Waals surface area contributed by atoms with E-state index >= 15 is 0 Å². The van der Waals surface area contributed by atoms with E-state index in [0.717, 1.165) is 18.4 Å². The van der Waals surface area contributed by atoms with Crippen LogP contribution in [0.15, 0.2) is 42.5 Å². The number of hydrogen-bond acceptors (Lipinski definition) is 7. The minimum Gasteiger partial charge on any atom is -0.497 e. The first-order chi connectivity index (χ1) is 18.3. The third kappa shape index (κ3) is 6.07. The molecular weight excluding hydrogens is 486 g/mol. The Kier molecular flexibility index (Phi) is 8.51. The molecule has 0 unspecified atom stereocenters. The number of benzene rings is 2. The molecule has 2 amide bonds. The third-order valence-corrected chi connectivity index (χ3v) is 7.09. The van der Waals surface area contributed by atoms with Crippen molar-refractivity contribution in [3.63, 3.8) is 0 Å². The third-order valence-electron chi connectivity index (χ3n) is 7.09. The highest BCUT2D eigenvalue weighted by molar-refractivity contribution is 5.90. The van der Waals surface area contributed by atoms with Gasteiger partial charge in [0.15, 0.2) is 0 Å². The van der Waals surface area contributed by atoms with Gasteiger partial charge in [0.1, 0.15) is 29.6 Å². The van der Waals surface area contributed by atoms with E-state index in [1.54, 1.807) is 42.0 Å². The molecule has 0 aliphatic carbocycles. The van der Waals surface area contributed by atoms with Crippen molar-refractivity contribution in [2.45, 2.75) is 64.3 Å². The quantitative estimate of drug-likeness (QED) is 0.410. The molecular formula is C28H37N5O5. The van der Waals surface area contributed by atoms with Gasteiger partial charge < -0.3 is 24.4 Å². The Morgan fingerprint density at radius 3 is 2.68 bits per heavy atom. The summed E-state index contributed by atoms with van der Waals surface area (Å²) in [5.41, 5.74) is 1.48. The first-order valence-electron chi connectivity index (χ1n) is 13.0. The number of fused-ring (bicyclic) bond motifs is 1. The lowest BCUT2D eigenvalue weighted by atomic mass is 9.97. The van der Waals surface area contributed by atoms with Gasteiger partial charge in [-0.1, -0.05) is 24.3 Å². The van der Waals surface area contributed by atoms with E-state index < -0.39 is 11.6 Å². The van der Waals surface area contributed by atoms with Gasteiger partial charge in [0, 0.05) is 24.3 Å². The van der Waals surface area contributed by atoms with Crippen molar-refractivity contribution in [2.24, 2.45) is 0 Å². The minimum atomic E-state index is -0.989. The van der Waals surface area contributed by atoms with Crippen LogP contribution in [0.3, 0.4) is 0 Å². The van der Waals surface area contributed by atoms with Crippen LogP contribution < -0.4 is 14.8 Å². The van der Waals surface area contributed by atoms with E-state index in [2.05, 4.69) is 15.6 Å². The summed E-state index contributed by atoms with van der Waals surface area (Å²) in [7, 11) is 3.11. The van der Waals surface area contributed by atoms with Gasteiger partial charge in [-0.2, -0.15) is 0 Å². The molecule has 3 aromatic rings. The standard InChI is InChI=1S/C28H37N5O5/c1-6-28(2,3)29-27(35)26(21-16-19(36-4)13-14-24(21)37-5)32(17-20-10-9-15-38-20)25(34)18-33-23-12-8-7-11-22(23)30-31-33/h7-8,11-14,16,20,26H,6,9-10,15,17-18H2,1-5H3,(H,29,35)/t20-,26+/m0/s1. The second kappa shape index (κ2) is 11.8. The molecule has 1 aliphatic heterocycles. The topological polar surface area (TPSA) is 108 Å². The number of nitrogens with zero attached hydrogens (tertiary/aromatic N) is 4. The van der Waals surface area contributed by atoms with Crippen LogP contribution in [0.2, 0.25) is 0 Å². The maximum atomic E-state index is 14.1. The summed E-state index contributed by atoms with van der Waals surface area (Å²) in [4.78, 5) is 29.7. The molecule has 1 N–H and O–H groups in total. The van der Waals surface area contributed by atoms with E-state index in [-0.39, 0.29) is 31.0 Å². The fourth-order valence-electron chi connectivity index (χ4n) is 4.61. The smallest absolute Gasteiger partial charge is 0.248 e. The molecule has 38 heavy (non-hydrogen) atoms. The summed E-state index contributed by atoms with van der Waals surface area (Å²) in [6, 6.07) is 11.7. The van der Waals surface area contributed by atoms with E-state index in [9.17, 15) is 9.59 Å². The van der Waals surface area contributed by atoms with Crippen molar-refractivity contribution in [1.82, 2.24) is 25.2 Å². The van der Waals surface area contributed by atoms with E-state index in [1.165, 1.54) is 0 Å². The van der Waals surface area contributed by atoms with Crippen LogP contribution in [0.5, 0.6) is 11.5 Å². The SMILES string of the molecule is CCC(C)(C)NC(=O)[C@@H](c1cc(OC)ccc1OC)N(C[C@@H]1CCCO1)C(=O)Cn1nnc2ccccc21. The van der Waals surface area contributed by atoms with Gasteiger partial charge in [0.2, 0.25) is 11.8 Å². The normalized spacial score (nSPS) is 16.3. The maximum Gasteiger partial charge on any atom is 0.248 e. The summed E-state index contributed by atoms with van der Waals surface area (Å²) in [6.07, 6.45) is 2.24. The number of ether oxygens (including phenoxy) is 3. The average molecular weight is 524 g/mol. The molecule has 10 heteroatoms. The molecule has 2 atom stereocenters. The Bertz CT molecular complexity index is 1270. The highest BCUT2D eigenvalue weighted by Gasteiger charge is 2.38. The van der Waals surface area contributed by atoms with Gasteiger partial charge in [0.25, 0.3) is 0 Å². The fraction of sp³-hybridized carbons (Fsp3) is 0.500.